The number of nitrogens with zero attached hydrogens (tertiary/aromatic N) is 1. The number of benzene rings is 1. The van der Waals surface area contributed by atoms with E-state index in [1.807, 2.05) is 70.1 Å². The van der Waals surface area contributed by atoms with Crippen LogP contribution in [0.3, 0.4) is 0 Å². The number of rotatable bonds is 7. The van der Waals surface area contributed by atoms with E-state index in [-0.39, 0.29) is 37.5 Å². The van der Waals surface area contributed by atoms with Crippen LogP contribution in [0.5, 0.6) is 0 Å². The Morgan fingerprint density at radius 2 is 1.68 bits per heavy atom. The molecule has 0 saturated carbocycles. The smallest absolute Gasteiger partial charge is 0.408 e. The number of nitrogens with one attached hydrogen (secondary N) is 3. The molecule has 314 valence electrons. The third kappa shape index (κ3) is 9.50. The first-order chi connectivity index (χ1) is 26.4. The third-order valence-electron chi connectivity index (χ3n) is 12.4. The van der Waals surface area contributed by atoms with Gasteiger partial charge in [0.05, 0.1) is 30.8 Å². The van der Waals surface area contributed by atoms with Gasteiger partial charge in [0.15, 0.2) is 11.9 Å². The number of aliphatic hydroxyl groups is 1. The van der Waals surface area contributed by atoms with Crippen molar-refractivity contribution in [2.24, 2.45) is 23.7 Å². The lowest BCUT2D eigenvalue weighted by Gasteiger charge is -2.48. The minimum absolute atomic E-state index is 0.00917. The summed E-state index contributed by atoms with van der Waals surface area (Å²) in [7, 11) is 3.75. The average Bonchev–Trinajstić information content (AvgIpc) is 3.46. The molecule has 5 rings (SSSR count). The monoisotopic (exact) mass is 788 g/mol. The molecule has 2 bridgehead atoms. The number of hydrogen-bond acceptors (Lipinski definition) is 13. The molecule has 0 aromatic heterocycles. The number of fused-ring (bicyclic) bond motifs is 4. The van der Waals surface area contributed by atoms with Crippen molar-refractivity contribution in [1.82, 2.24) is 20.9 Å². The summed E-state index contributed by atoms with van der Waals surface area (Å²) < 4.78 is 38.3. The zero-order valence-corrected chi connectivity index (χ0v) is 34.6. The highest BCUT2D eigenvalue weighted by atomic mass is 16.7. The van der Waals surface area contributed by atoms with Crippen LogP contribution in [-0.4, -0.2) is 127 Å². The fourth-order valence-corrected chi connectivity index (χ4v) is 9.25. The molecular formula is C41H64N4O11. The van der Waals surface area contributed by atoms with Crippen LogP contribution in [0.4, 0.5) is 9.59 Å². The van der Waals surface area contributed by atoms with Crippen molar-refractivity contribution in [2.45, 2.75) is 147 Å². The molecule has 4 aliphatic heterocycles. The van der Waals surface area contributed by atoms with Crippen molar-refractivity contribution in [1.29, 1.82) is 0 Å². The largest absolute Gasteiger partial charge is 0.458 e. The zero-order chi connectivity index (χ0) is 41.1. The van der Waals surface area contributed by atoms with Gasteiger partial charge in [-0.1, -0.05) is 58.0 Å². The van der Waals surface area contributed by atoms with Crippen molar-refractivity contribution in [3.8, 4) is 0 Å². The lowest BCUT2D eigenvalue weighted by molar-refractivity contribution is -0.299. The number of amides is 2. The van der Waals surface area contributed by atoms with Crippen LogP contribution in [0.1, 0.15) is 80.2 Å². The van der Waals surface area contributed by atoms with Crippen molar-refractivity contribution >= 4 is 23.9 Å². The number of hydrogen-bond donors (Lipinski definition) is 4. The topological polar surface area (TPSA) is 183 Å². The number of Topliss-reactive ketones (excluding diaryl/α,β-unsaturated/α-hetero) is 1. The Labute approximate surface area is 331 Å². The fraction of sp³-hybridized carbons (Fsp3) is 0.756. The number of ketones is 1. The Bertz CT molecular complexity index is 1530. The van der Waals surface area contributed by atoms with E-state index < -0.39 is 95.8 Å². The van der Waals surface area contributed by atoms with Crippen LogP contribution in [-0.2, 0) is 44.6 Å². The number of carbonyl (C=O) groups excluding carboxylic acids is 4. The second kappa shape index (κ2) is 18.1. The normalized spacial score (nSPS) is 41.6. The first kappa shape index (κ1) is 43.8. The average molecular weight is 789 g/mol. The van der Waals surface area contributed by atoms with E-state index in [0.29, 0.717) is 19.4 Å². The molecule has 15 atom stereocenters. The molecule has 4 heterocycles. The molecule has 15 nitrogen and oxygen atoms in total. The minimum Gasteiger partial charge on any atom is -0.458 e. The van der Waals surface area contributed by atoms with E-state index in [1.165, 1.54) is 0 Å². The number of esters is 1. The molecule has 4 saturated heterocycles. The fourth-order valence-electron chi connectivity index (χ4n) is 9.25. The van der Waals surface area contributed by atoms with Gasteiger partial charge in [-0.3, -0.25) is 9.59 Å². The van der Waals surface area contributed by atoms with Crippen LogP contribution in [0.2, 0.25) is 0 Å². The summed E-state index contributed by atoms with van der Waals surface area (Å²) in [5, 5.41) is 20.8. The standard InChI is InChI=1S/C41H64N4O11/c1-11-30-41(8)34(44-39(50)56-41)24(4)31(46)22(2)18-40(7)35(54-37-32(47)29(45(9)10)17-23(3)52-37)25(5)33(26(6)36(48)53-30)51-21-28(20-43-38(49)55-40)42-19-27-15-13-12-14-16-27/h12-16,22-26,28-30,32-35,37,42,47H,11,17-21H2,1-10H3,(H,43,49)(H,44,50)/t22-,23-,24+,25+,26-,28?,29+,30-,32-,33+,34+,35-,37+,40-,41-/m1/s1. The van der Waals surface area contributed by atoms with Crippen molar-refractivity contribution < 1.29 is 52.7 Å². The van der Waals surface area contributed by atoms with Gasteiger partial charge in [0.25, 0.3) is 0 Å². The minimum atomic E-state index is -1.55. The number of carbonyl (C=O) groups is 4. The Balaban J connectivity index is 1.62. The van der Waals surface area contributed by atoms with Gasteiger partial charge >= 0.3 is 18.2 Å². The molecule has 2 amide bonds. The number of likely N-dealkylation sites (N-methyl/N-ethyl adjacent to an activating group) is 1. The second-order valence-electron chi connectivity index (χ2n) is 17.0. The van der Waals surface area contributed by atoms with Crippen LogP contribution in [0, 0.1) is 23.7 Å². The Morgan fingerprint density at radius 1 is 0.982 bits per heavy atom. The maximum absolute atomic E-state index is 14.5. The number of alkyl carbamates (subject to hydrolysis) is 2. The van der Waals surface area contributed by atoms with Gasteiger partial charge in [-0.05, 0) is 66.6 Å². The molecule has 4 aliphatic rings. The van der Waals surface area contributed by atoms with Gasteiger partial charge in [-0.2, -0.15) is 0 Å². The summed E-state index contributed by atoms with van der Waals surface area (Å²) in [6, 6.07) is 8.25. The summed E-state index contributed by atoms with van der Waals surface area (Å²) in [5.74, 6) is -3.98. The van der Waals surface area contributed by atoms with Crippen molar-refractivity contribution in [2.75, 3.05) is 27.2 Å². The predicted molar refractivity (Wildman–Crippen MR) is 205 cm³/mol. The maximum Gasteiger partial charge on any atom is 0.408 e. The molecule has 0 aliphatic carbocycles. The highest BCUT2D eigenvalue weighted by molar-refractivity contribution is 5.85. The summed E-state index contributed by atoms with van der Waals surface area (Å²) in [6.45, 7) is 14.9. The third-order valence-corrected chi connectivity index (χ3v) is 12.4. The maximum atomic E-state index is 14.5. The SMILES string of the molecule is CC[C@H]1OC(=O)[C@H](C)[C@H]2OCC(NCc3ccccc3)CNC(=O)O[C@](C)(C[C@@H](C)C(=O)[C@H](C)[C@@H]3NC(=O)O[C@]13C)[C@H](O[C@@H]1O[C@H](C)C[C@H](N(C)C)[C@H]1O)[C@H]2C. The number of cyclic esters (lactones) is 1. The molecule has 1 unspecified atom stereocenters. The Hall–Kier alpha value is -3.34. The number of aliphatic hydroxyl groups excluding tert-OH is 1. The van der Waals surface area contributed by atoms with E-state index >= 15 is 0 Å². The first-order valence-electron chi connectivity index (χ1n) is 20.1. The van der Waals surface area contributed by atoms with Crippen molar-refractivity contribution in [3.63, 3.8) is 0 Å². The highest BCUT2D eigenvalue weighted by Gasteiger charge is 2.58. The number of ether oxygens (including phenoxy) is 6. The molecule has 4 N–H and O–H groups in total. The molecule has 0 radical (unpaired) electrons. The van der Waals surface area contributed by atoms with Gasteiger partial charge in [0.1, 0.15) is 29.7 Å². The lowest BCUT2D eigenvalue weighted by atomic mass is 9.73. The van der Waals surface area contributed by atoms with Crippen LogP contribution in [0.15, 0.2) is 30.3 Å². The van der Waals surface area contributed by atoms with E-state index in [0.717, 1.165) is 5.56 Å². The molecule has 1 aromatic rings. The van der Waals surface area contributed by atoms with E-state index in [4.69, 9.17) is 28.4 Å². The molecule has 0 spiro atoms. The molecule has 15 heteroatoms. The summed E-state index contributed by atoms with van der Waals surface area (Å²) >= 11 is 0. The Kier molecular flexibility index (Phi) is 14.1. The van der Waals surface area contributed by atoms with E-state index in [1.54, 1.807) is 34.6 Å². The molecular weight excluding hydrogens is 724 g/mol. The predicted octanol–water partition coefficient (Wildman–Crippen LogP) is 3.55. The first-order valence-corrected chi connectivity index (χ1v) is 20.1. The van der Waals surface area contributed by atoms with Gasteiger partial charge in [0, 0.05) is 42.9 Å². The van der Waals surface area contributed by atoms with Gasteiger partial charge in [-0.15, -0.1) is 0 Å². The molecule has 4 fully saturated rings. The van der Waals surface area contributed by atoms with Gasteiger partial charge < -0.3 is 54.4 Å². The van der Waals surface area contributed by atoms with Gasteiger partial charge in [0.2, 0.25) is 0 Å². The summed E-state index contributed by atoms with van der Waals surface area (Å²) in [5.41, 5.74) is -1.88. The lowest BCUT2D eigenvalue weighted by Crippen LogP contribution is -2.61. The van der Waals surface area contributed by atoms with Crippen molar-refractivity contribution in [3.05, 3.63) is 35.9 Å². The van der Waals surface area contributed by atoms with Crippen LogP contribution < -0.4 is 16.0 Å². The summed E-state index contributed by atoms with van der Waals surface area (Å²) in [6.07, 6.45) is -6.00. The zero-order valence-electron chi connectivity index (χ0n) is 34.6. The van der Waals surface area contributed by atoms with Gasteiger partial charge in [-0.25, -0.2) is 9.59 Å². The van der Waals surface area contributed by atoms with E-state index in [2.05, 4.69) is 16.0 Å². The van der Waals surface area contributed by atoms with E-state index in [9.17, 15) is 24.3 Å². The quantitative estimate of drug-likeness (QED) is 0.233. The summed E-state index contributed by atoms with van der Waals surface area (Å²) in [4.78, 5) is 57.5. The van der Waals surface area contributed by atoms with Crippen LogP contribution >= 0.6 is 0 Å². The molecule has 1 aromatic carbocycles. The Morgan fingerprint density at radius 3 is 2.34 bits per heavy atom. The molecule has 56 heavy (non-hydrogen) atoms. The highest BCUT2D eigenvalue weighted by Crippen LogP contribution is 2.42. The van der Waals surface area contributed by atoms with Crippen LogP contribution in [0.25, 0.3) is 0 Å². The second-order valence-corrected chi connectivity index (χ2v) is 17.0.